The van der Waals surface area contributed by atoms with Gasteiger partial charge in [0.2, 0.25) is 11.8 Å². The normalized spacial score (nSPS) is 12.1. The molecule has 1 atom stereocenters. The monoisotopic (exact) mass is 309 g/mol. The second-order valence-electron chi connectivity index (χ2n) is 5.38. The summed E-state index contributed by atoms with van der Waals surface area (Å²) in [6.07, 6.45) is 0.400. The predicted octanol–water partition coefficient (Wildman–Crippen LogP) is 2.84. The van der Waals surface area contributed by atoms with E-state index in [4.69, 9.17) is 4.74 Å². The minimum Gasteiger partial charge on any atom is -0.480 e. The Morgan fingerprint density at radius 1 is 1.22 bits per heavy atom. The number of nitrogens with one attached hydrogen (secondary N) is 2. The highest BCUT2D eigenvalue weighted by molar-refractivity contribution is 5.85. The van der Waals surface area contributed by atoms with Crippen LogP contribution < -0.4 is 10.1 Å². The van der Waals surface area contributed by atoms with Gasteiger partial charge in [0.1, 0.15) is 0 Å². The van der Waals surface area contributed by atoms with Crippen LogP contribution in [0.3, 0.4) is 0 Å². The molecule has 0 aliphatic carbocycles. The van der Waals surface area contributed by atoms with Gasteiger partial charge in [-0.3, -0.25) is 9.89 Å². The lowest BCUT2D eigenvalue weighted by molar-refractivity contribution is -0.120. The summed E-state index contributed by atoms with van der Waals surface area (Å²) in [6.45, 7) is 0. The van der Waals surface area contributed by atoms with Gasteiger partial charge in [-0.2, -0.15) is 0 Å². The number of nitrogens with zero attached hydrogens (tertiary/aromatic N) is 1. The van der Waals surface area contributed by atoms with E-state index in [2.05, 4.69) is 15.5 Å². The largest absolute Gasteiger partial charge is 0.480 e. The highest BCUT2D eigenvalue weighted by Gasteiger charge is 2.19. The van der Waals surface area contributed by atoms with Crippen LogP contribution in [-0.2, 0) is 4.79 Å². The van der Waals surface area contributed by atoms with Crippen LogP contribution in [0.5, 0.6) is 5.88 Å². The third-order valence-corrected chi connectivity index (χ3v) is 4.02. The molecule has 0 aliphatic rings. The summed E-state index contributed by atoms with van der Waals surface area (Å²) in [5, 5.41) is 10.8. The van der Waals surface area contributed by atoms with Gasteiger partial charge < -0.3 is 10.1 Å². The van der Waals surface area contributed by atoms with Crippen LogP contribution >= 0.6 is 0 Å². The van der Waals surface area contributed by atoms with E-state index in [1.54, 1.807) is 14.2 Å². The Morgan fingerprint density at radius 3 is 2.70 bits per heavy atom. The lowest BCUT2D eigenvalue weighted by Crippen LogP contribution is -2.21. The fourth-order valence-electron chi connectivity index (χ4n) is 2.79. The summed E-state index contributed by atoms with van der Waals surface area (Å²) < 4.78 is 5.23. The van der Waals surface area contributed by atoms with E-state index in [0.717, 1.165) is 22.0 Å². The molecule has 1 unspecified atom stereocenters. The molecule has 2 N–H and O–H groups in total. The van der Waals surface area contributed by atoms with Crippen LogP contribution in [0.15, 0.2) is 48.5 Å². The maximum absolute atomic E-state index is 11.9. The van der Waals surface area contributed by atoms with Crippen molar-refractivity contribution in [3.8, 4) is 5.88 Å². The molecule has 1 heterocycles. The number of ether oxygens (including phenoxy) is 1. The van der Waals surface area contributed by atoms with Crippen LogP contribution in [-0.4, -0.2) is 30.3 Å². The number of carbonyl (C=O) groups excluding carboxylic acids is 1. The fourth-order valence-corrected chi connectivity index (χ4v) is 2.79. The predicted molar refractivity (Wildman–Crippen MR) is 89.6 cm³/mol. The maximum atomic E-state index is 11.9. The van der Waals surface area contributed by atoms with Crippen LogP contribution in [0.4, 0.5) is 0 Å². The molecule has 5 heteroatoms. The van der Waals surface area contributed by atoms with Crippen LogP contribution in [0, 0.1) is 0 Å². The topological polar surface area (TPSA) is 67.0 Å². The number of carbonyl (C=O) groups is 1. The second-order valence-corrected chi connectivity index (χ2v) is 5.38. The molecular weight excluding hydrogens is 290 g/mol. The molecule has 0 saturated carbocycles. The molecule has 0 bridgehead atoms. The first-order chi connectivity index (χ1) is 11.2. The number of hydrogen-bond acceptors (Lipinski definition) is 3. The summed E-state index contributed by atoms with van der Waals surface area (Å²) in [5.41, 5.74) is 3.08. The Bertz CT molecular complexity index is 812. The molecule has 118 valence electrons. The summed E-state index contributed by atoms with van der Waals surface area (Å²) in [6, 6.07) is 16.1. The van der Waals surface area contributed by atoms with Gasteiger partial charge in [-0.1, -0.05) is 36.4 Å². The zero-order valence-corrected chi connectivity index (χ0v) is 13.2. The Kier molecular flexibility index (Phi) is 4.28. The molecule has 0 saturated heterocycles. The zero-order valence-electron chi connectivity index (χ0n) is 13.2. The van der Waals surface area contributed by atoms with E-state index >= 15 is 0 Å². The number of amides is 1. The summed E-state index contributed by atoms with van der Waals surface area (Å²) in [5.74, 6) is 0.588. The number of hydrogen-bond donors (Lipinski definition) is 2. The molecule has 0 aliphatic heterocycles. The van der Waals surface area contributed by atoms with E-state index in [9.17, 15) is 4.79 Å². The molecule has 0 radical (unpaired) electrons. The number of benzene rings is 2. The van der Waals surface area contributed by atoms with Gasteiger partial charge in [-0.15, -0.1) is 5.10 Å². The van der Waals surface area contributed by atoms with Gasteiger partial charge in [0.25, 0.3) is 0 Å². The van der Waals surface area contributed by atoms with E-state index in [1.165, 1.54) is 0 Å². The van der Waals surface area contributed by atoms with Gasteiger partial charge >= 0.3 is 0 Å². The molecule has 1 amide bonds. The fraction of sp³-hybridized carbons (Fsp3) is 0.222. The van der Waals surface area contributed by atoms with E-state index in [-0.39, 0.29) is 11.8 Å². The molecule has 0 spiro atoms. The highest BCUT2D eigenvalue weighted by atomic mass is 16.5. The van der Waals surface area contributed by atoms with Gasteiger partial charge in [0.05, 0.1) is 18.0 Å². The van der Waals surface area contributed by atoms with Crippen LogP contribution in [0.2, 0.25) is 0 Å². The van der Waals surface area contributed by atoms with E-state index < -0.39 is 0 Å². The number of methoxy groups -OCH3 is 1. The Balaban J connectivity index is 2.03. The van der Waals surface area contributed by atoms with Crippen molar-refractivity contribution in [2.45, 2.75) is 12.3 Å². The Hall–Kier alpha value is -2.82. The third kappa shape index (κ3) is 3.04. The molecular formula is C18H19N3O2. The molecule has 23 heavy (non-hydrogen) atoms. The molecule has 1 aromatic heterocycles. The number of fused-ring (bicyclic) bond motifs is 1. The number of aromatic nitrogens is 2. The van der Waals surface area contributed by atoms with Gasteiger partial charge in [0.15, 0.2) is 0 Å². The van der Waals surface area contributed by atoms with Crippen molar-refractivity contribution in [3.05, 3.63) is 59.7 Å². The molecule has 2 aromatic carbocycles. The first-order valence-corrected chi connectivity index (χ1v) is 7.50. The van der Waals surface area contributed by atoms with Gasteiger partial charge in [0, 0.05) is 19.4 Å². The lowest BCUT2D eigenvalue weighted by Gasteiger charge is -2.17. The quantitative estimate of drug-likeness (QED) is 0.761. The van der Waals surface area contributed by atoms with E-state index in [1.807, 2.05) is 48.5 Å². The lowest BCUT2D eigenvalue weighted by atomic mass is 9.88. The highest BCUT2D eigenvalue weighted by Crippen LogP contribution is 2.31. The van der Waals surface area contributed by atoms with Crippen LogP contribution in [0.1, 0.15) is 23.5 Å². The Morgan fingerprint density at radius 2 is 2.00 bits per heavy atom. The third-order valence-electron chi connectivity index (χ3n) is 4.02. The zero-order chi connectivity index (χ0) is 16.2. The average molecular weight is 309 g/mol. The first kappa shape index (κ1) is 15.1. The van der Waals surface area contributed by atoms with Crippen molar-refractivity contribution in [2.75, 3.05) is 14.2 Å². The number of H-pyrrole nitrogens is 1. The minimum absolute atomic E-state index is 0.00477. The maximum Gasteiger partial charge on any atom is 0.240 e. The molecule has 3 aromatic rings. The summed E-state index contributed by atoms with van der Waals surface area (Å²) in [4.78, 5) is 11.9. The van der Waals surface area contributed by atoms with Crippen molar-refractivity contribution in [1.82, 2.24) is 15.5 Å². The number of aromatic amines is 1. The van der Waals surface area contributed by atoms with Crippen molar-refractivity contribution >= 4 is 16.8 Å². The standard InChI is InChI=1S/C18H19N3O2/c1-19-17(22)11-15(12-6-4-3-5-7-12)13-8-9-14-16(10-13)20-21-18(14)23-2/h3-10,15H,11H2,1-2H3,(H,19,22)(H,20,21). The Labute approximate surface area is 134 Å². The average Bonchev–Trinajstić information content (AvgIpc) is 3.02. The van der Waals surface area contributed by atoms with Crippen molar-refractivity contribution in [1.29, 1.82) is 0 Å². The summed E-state index contributed by atoms with van der Waals surface area (Å²) >= 11 is 0. The van der Waals surface area contributed by atoms with E-state index in [0.29, 0.717) is 12.3 Å². The first-order valence-electron chi connectivity index (χ1n) is 7.50. The molecule has 5 nitrogen and oxygen atoms in total. The summed E-state index contributed by atoms with van der Waals surface area (Å²) in [7, 11) is 3.26. The van der Waals surface area contributed by atoms with Gasteiger partial charge in [-0.05, 0) is 23.3 Å². The SMILES string of the molecule is CNC(=O)CC(c1ccccc1)c1ccc2c(OC)n[nH]c2c1. The van der Waals surface area contributed by atoms with Crippen LogP contribution in [0.25, 0.3) is 10.9 Å². The molecule has 3 rings (SSSR count). The minimum atomic E-state index is -0.00477. The second kappa shape index (κ2) is 6.52. The smallest absolute Gasteiger partial charge is 0.240 e. The van der Waals surface area contributed by atoms with Crippen molar-refractivity contribution in [2.24, 2.45) is 0 Å². The number of rotatable bonds is 5. The van der Waals surface area contributed by atoms with Crippen molar-refractivity contribution in [3.63, 3.8) is 0 Å². The van der Waals surface area contributed by atoms with Crippen molar-refractivity contribution < 1.29 is 9.53 Å². The molecule has 0 fully saturated rings. The van der Waals surface area contributed by atoms with Gasteiger partial charge in [-0.25, -0.2) is 0 Å².